The second kappa shape index (κ2) is 8.36. The van der Waals surface area contributed by atoms with Crippen LogP contribution in [0.3, 0.4) is 0 Å². The summed E-state index contributed by atoms with van der Waals surface area (Å²) >= 11 is 0. The number of nitrogens with zero attached hydrogens (tertiary/aromatic N) is 3. The third kappa shape index (κ3) is 4.28. The Bertz CT molecular complexity index is 1520. The van der Waals surface area contributed by atoms with Gasteiger partial charge in [-0.3, -0.25) is 5.10 Å². The summed E-state index contributed by atoms with van der Waals surface area (Å²) in [6.45, 7) is 3.72. The van der Waals surface area contributed by atoms with Gasteiger partial charge in [-0.1, -0.05) is 0 Å². The first-order valence-electron chi connectivity index (χ1n) is 11.0. The number of carboxylic acid groups (broad SMARTS) is 1. The van der Waals surface area contributed by atoms with Crippen LogP contribution in [-0.2, 0) is 0 Å². The molecule has 0 bridgehead atoms. The van der Waals surface area contributed by atoms with Crippen LogP contribution in [0.25, 0.3) is 10.9 Å². The number of anilines is 4. The topological polar surface area (TPSA) is 81.7 Å². The highest BCUT2D eigenvalue weighted by atomic mass is 19.4. The molecule has 1 aromatic heterocycles. The molecule has 2 heterocycles. The molecular weight excluding hydrogens is 499 g/mol. The maximum absolute atomic E-state index is 16.0. The van der Waals surface area contributed by atoms with Gasteiger partial charge in [0.05, 0.1) is 23.0 Å². The van der Waals surface area contributed by atoms with E-state index in [1.165, 1.54) is 24.4 Å². The molecular formula is C25H19F5N4O3. The van der Waals surface area contributed by atoms with Gasteiger partial charge in [-0.2, -0.15) is 5.10 Å². The maximum Gasteiger partial charge on any atom is 0.573 e. The summed E-state index contributed by atoms with van der Waals surface area (Å²) in [5.41, 5.74) is 0.305. The minimum Gasteiger partial charge on any atom is -0.478 e. The van der Waals surface area contributed by atoms with E-state index in [4.69, 9.17) is 0 Å². The fraction of sp³-hybridized carbons (Fsp3) is 0.200. The molecule has 5 rings (SSSR count). The zero-order valence-corrected chi connectivity index (χ0v) is 19.4. The van der Waals surface area contributed by atoms with Crippen LogP contribution in [0.1, 0.15) is 24.2 Å². The normalized spacial score (nSPS) is 15.1. The lowest BCUT2D eigenvalue weighted by Gasteiger charge is -2.50. The Morgan fingerprint density at radius 1 is 1.08 bits per heavy atom. The van der Waals surface area contributed by atoms with Crippen LogP contribution in [0, 0.1) is 11.6 Å². The van der Waals surface area contributed by atoms with E-state index in [1.54, 1.807) is 41.8 Å². The van der Waals surface area contributed by atoms with E-state index in [1.807, 2.05) is 0 Å². The fourth-order valence-electron chi connectivity index (χ4n) is 4.64. The second-order valence-electron chi connectivity index (χ2n) is 9.14. The Kier molecular flexibility index (Phi) is 5.50. The van der Waals surface area contributed by atoms with Gasteiger partial charge in [-0.25, -0.2) is 13.6 Å². The highest BCUT2D eigenvalue weighted by Gasteiger charge is 2.41. The quantitative estimate of drug-likeness (QED) is 0.300. The standard InChI is InChI=1S/C25H19F5N4O3/c1-24(2)12-33(15-5-3-13(4-6-15)23(35)36)22-18(9-14-11-31-32-21(14)20(22)27)34(24)16-7-8-17(26)19(10-16)37-25(28,29)30/h3-11H,12H2,1-2H3,(H,31,32)(H,35,36). The third-order valence-corrected chi connectivity index (χ3v) is 6.12. The maximum atomic E-state index is 16.0. The summed E-state index contributed by atoms with van der Waals surface area (Å²) < 4.78 is 72.7. The molecule has 37 heavy (non-hydrogen) atoms. The van der Waals surface area contributed by atoms with E-state index in [9.17, 15) is 27.5 Å². The summed E-state index contributed by atoms with van der Waals surface area (Å²) in [5, 5.41) is 16.2. The summed E-state index contributed by atoms with van der Waals surface area (Å²) in [6, 6.07) is 10.6. The molecule has 0 aliphatic carbocycles. The molecule has 12 heteroatoms. The molecule has 1 aliphatic rings. The predicted octanol–water partition coefficient (Wildman–Crippen LogP) is 6.51. The van der Waals surface area contributed by atoms with Crippen LogP contribution >= 0.6 is 0 Å². The van der Waals surface area contributed by atoms with Gasteiger partial charge in [-0.05, 0) is 56.3 Å². The monoisotopic (exact) mass is 518 g/mol. The van der Waals surface area contributed by atoms with Crippen LogP contribution in [0.5, 0.6) is 5.75 Å². The van der Waals surface area contributed by atoms with E-state index in [0.29, 0.717) is 11.1 Å². The Balaban J connectivity index is 1.72. The van der Waals surface area contributed by atoms with Gasteiger partial charge < -0.3 is 19.6 Å². The van der Waals surface area contributed by atoms with Gasteiger partial charge >= 0.3 is 12.3 Å². The van der Waals surface area contributed by atoms with Gasteiger partial charge in [0, 0.05) is 29.4 Å². The first-order chi connectivity index (χ1) is 17.4. The van der Waals surface area contributed by atoms with Crippen molar-refractivity contribution >= 4 is 39.6 Å². The molecule has 0 atom stereocenters. The number of hydrogen-bond donors (Lipinski definition) is 2. The van der Waals surface area contributed by atoms with Crippen LogP contribution in [-0.4, -0.2) is 39.7 Å². The Morgan fingerprint density at radius 3 is 2.41 bits per heavy atom. The molecule has 0 amide bonds. The van der Waals surface area contributed by atoms with Crippen molar-refractivity contribution in [3.63, 3.8) is 0 Å². The number of aromatic carboxylic acids is 1. The number of halogens is 5. The summed E-state index contributed by atoms with van der Waals surface area (Å²) in [4.78, 5) is 14.6. The molecule has 0 spiro atoms. The number of benzene rings is 3. The summed E-state index contributed by atoms with van der Waals surface area (Å²) in [5.74, 6) is -4.00. The zero-order chi connectivity index (χ0) is 26.7. The minimum atomic E-state index is -5.11. The van der Waals surface area contributed by atoms with E-state index < -0.39 is 35.3 Å². The molecule has 0 saturated carbocycles. The number of ether oxygens (including phenoxy) is 1. The number of carbonyl (C=O) groups is 1. The predicted molar refractivity (Wildman–Crippen MR) is 126 cm³/mol. The SMILES string of the molecule is CC1(C)CN(c2ccc(C(=O)O)cc2)c2c(cc3cn[nH]c3c2F)N1c1ccc(F)c(OC(F)(F)F)c1. The smallest absolute Gasteiger partial charge is 0.478 e. The van der Waals surface area contributed by atoms with Gasteiger partial charge in [0.25, 0.3) is 0 Å². The molecule has 1 aliphatic heterocycles. The highest BCUT2D eigenvalue weighted by molar-refractivity contribution is 5.96. The van der Waals surface area contributed by atoms with Gasteiger partial charge in [-0.15, -0.1) is 13.2 Å². The van der Waals surface area contributed by atoms with E-state index in [2.05, 4.69) is 14.9 Å². The Hall–Kier alpha value is -4.35. The number of alkyl halides is 3. The summed E-state index contributed by atoms with van der Waals surface area (Å²) in [7, 11) is 0. The number of aromatic nitrogens is 2. The molecule has 0 saturated heterocycles. The first kappa shape index (κ1) is 24.3. The van der Waals surface area contributed by atoms with Gasteiger partial charge in [0.15, 0.2) is 17.4 Å². The molecule has 0 fully saturated rings. The number of rotatable bonds is 4. The number of aromatic amines is 1. The average molecular weight is 518 g/mol. The third-order valence-electron chi connectivity index (χ3n) is 6.12. The van der Waals surface area contributed by atoms with Crippen LogP contribution in [0.15, 0.2) is 54.7 Å². The molecule has 0 unspecified atom stereocenters. The molecule has 192 valence electrons. The lowest BCUT2D eigenvalue weighted by atomic mass is 9.93. The number of fused-ring (bicyclic) bond motifs is 2. The van der Waals surface area contributed by atoms with Gasteiger partial charge in [0.1, 0.15) is 11.2 Å². The largest absolute Gasteiger partial charge is 0.573 e. The van der Waals surface area contributed by atoms with Crippen molar-refractivity contribution in [2.45, 2.75) is 25.7 Å². The van der Waals surface area contributed by atoms with E-state index in [0.717, 1.165) is 12.1 Å². The molecule has 0 radical (unpaired) electrons. The van der Waals surface area contributed by atoms with Crippen LogP contribution in [0.4, 0.5) is 44.7 Å². The van der Waals surface area contributed by atoms with Crippen molar-refractivity contribution < 1.29 is 36.6 Å². The van der Waals surface area contributed by atoms with Gasteiger partial charge in [0.2, 0.25) is 0 Å². The molecule has 7 nitrogen and oxygen atoms in total. The van der Waals surface area contributed by atoms with Crippen molar-refractivity contribution in [3.8, 4) is 5.75 Å². The van der Waals surface area contributed by atoms with Crippen molar-refractivity contribution in [1.29, 1.82) is 0 Å². The first-order valence-corrected chi connectivity index (χ1v) is 11.0. The Morgan fingerprint density at radius 2 is 1.76 bits per heavy atom. The molecule has 3 aromatic carbocycles. The van der Waals surface area contributed by atoms with E-state index >= 15 is 4.39 Å². The van der Waals surface area contributed by atoms with Crippen LogP contribution < -0.4 is 14.5 Å². The van der Waals surface area contributed by atoms with Crippen molar-refractivity contribution in [2.24, 2.45) is 0 Å². The van der Waals surface area contributed by atoms with Crippen molar-refractivity contribution in [1.82, 2.24) is 10.2 Å². The average Bonchev–Trinajstić information content (AvgIpc) is 3.28. The lowest BCUT2D eigenvalue weighted by Crippen LogP contribution is -2.53. The number of carboxylic acids is 1. The number of nitrogens with one attached hydrogen (secondary N) is 1. The fourth-order valence-corrected chi connectivity index (χ4v) is 4.64. The minimum absolute atomic E-state index is 0.0508. The molecule has 2 N–H and O–H groups in total. The van der Waals surface area contributed by atoms with Crippen molar-refractivity contribution in [2.75, 3.05) is 16.3 Å². The van der Waals surface area contributed by atoms with Crippen molar-refractivity contribution in [3.05, 3.63) is 71.9 Å². The van der Waals surface area contributed by atoms with E-state index in [-0.39, 0.29) is 34.7 Å². The Labute approximate surface area is 206 Å². The summed E-state index contributed by atoms with van der Waals surface area (Å²) in [6.07, 6.45) is -3.70. The number of hydrogen-bond acceptors (Lipinski definition) is 5. The van der Waals surface area contributed by atoms with Crippen LogP contribution in [0.2, 0.25) is 0 Å². The number of H-pyrrole nitrogens is 1. The molecule has 4 aromatic rings. The zero-order valence-electron chi connectivity index (χ0n) is 19.4. The lowest BCUT2D eigenvalue weighted by molar-refractivity contribution is -0.275. The second-order valence-corrected chi connectivity index (χ2v) is 9.14. The highest BCUT2D eigenvalue weighted by Crippen LogP contribution is 2.50.